The van der Waals surface area contributed by atoms with Gasteiger partial charge in [-0.15, -0.1) is 0 Å². The zero-order chi connectivity index (χ0) is 17.1. The first-order valence-corrected chi connectivity index (χ1v) is 8.58. The highest BCUT2D eigenvalue weighted by molar-refractivity contribution is 5.94. The lowest BCUT2D eigenvalue weighted by Gasteiger charge is -2.10. The van der Waals surface area contributed by atoms with E-state index < -0.39 is 13.0 Å². The summed E-state index contributed by atoms with van der Waals surface area (Å²) < 4.78 is 29.6. The molecule has 0 atom stereocenters. The smallest absolute Gasteiger partial charge is 0.272 e. The summed E-state index contributed by atoms with van der Waals surface area (Å²) in [5.74, 6) is 0.282. The van der Waals surface area contributed by atoms with Crippen molar-refractivity contribution in [2.75, 3.05) is 6.61 Å². The number of hydrogen-bond acceptors (Lipinski definition) is 2. The van der Waals surface area contributed by atoms with Crippen LogP contribution in [0.1, 0.15) is 74.7 Å². The number of halogens is 2. The number of carbonyl (C=O) groups excluding carboxylic acids is 1. The molecule has 23 heavy (non-hydrogen) atoms. The molecule has 1 rings (SSSR count). The molecule has 0 saturated carbocycles. The second kappa shape index (κ2) is 11.1. The maximum absolute atomic E-state index is 12.3. The number of ether oxygens (including phenoxy) is 1. The zero-order valence-corrected chi connectivity index (χ0v) is 14.2. The highest BCUT2D eigenvalue weighted by Gasteiger charge is 2.08. The summed E-state index contributed by atoms with van der Waals surface area (Å²) in [5, 5.41) is 0. The van der Waals surface area contributed by atoms with Gasteiger partial charge in [0.2, 0.25) is 0 Å². The first-order valence-electron chi connectivity index (χ1n) is 8.58. The first-order chi connectivity index (χ1) is 11.0. The third kappa shape index (κ3) is 8.68. The maximum Gasteiger partial charge on any atom is 0.272 e. The van der Waals surface area contributed by atoms with Crippen LogP contribution in [0.15, 0.2) is 18.2 Å². The van der Waals surface area contributed by atoms with Crippen LogP contribution in [0, 0.1) is 0 Å². The van der Waals surface area contributed by atoms with Gasteiger partial charge in [0.15, 0.2) is 5.78 Å². The third-order valence-electron chi connectivity index (χ3n) is 3.82. The van der Waals surface area contributed by atoms with Crippen LogP contribution >= 0.6 is 0 Å². The molecule has 0 aliphatic carbocycles. The SMILES string of the molecule is CCCCCCCCCc1cc(OCC(F)F)cc(C(C)=O)c1. The Morgan fingerprint density at radius 1 is 1.04 bits per heavy atom. The predicted molar refractivity (Wildman–Crippen MR) is 89.6 cm³/mol. The largest absolute Gasteiger partial charge is 0.488 e. The average molecular weight is 326 g/mol. The van der Waals surface area contributed by atoms with Crippen LogP contribution in [0.4, 0.5) is 8.78 Å². The fraction of sp³-hybridized carbons (Fsp3) is 0.632. The molecule has 0 N–H and O–H groups in total. The Labute approximate surface area is 138 Å². The number of aryl methyl sites for hydroxylation is 1. The number of unbranched alkanes of at least 4 members (excludes halogenated alkanes) is 6. The van der Waals surface area contributed by atoms with Gasteiger partial charge in [-0.25, -0.2) is 8.78 Å². The lowest BCUT2D eigenvalue weighted by Crippen LogP contribution is -2.08. The minimum atomic E-state index is -2.51. The van der Waals surface area contributed by atoms with E-state index in [4.69, 9.17) is 4.74 Å². The number of Topliss-reactive ketones (excluding diaryl/α,β-unsaturated/α-hetero) is 1. The molecule has 130 valence electrons. The molecule has 0 aliphatic rings. The van der Waals surface area contributed by atoms with Crippen LogP contribution in [0.25, 0.3) is 0 Å². The van der Waals surface area contributed by atoms with Crippen LogP contribution in [0.5, 0.6) is 5.75 Å². The third-order valence-corrected chi connectivity index (χ3v) is 3.82. The molecule has 0 fully saturated rings. The molecule has 0 spiro atoms. The van der Waals surface area contributed by atoms with Crippen molar-refractivity contribution < 1.29 is 18.3 Å². The Morgan fingerprint density at radius 3 is 2.30 bits per heavy atom. The van der Waals surface area contributed by atoms with Crippen molar-refractivity contribution in [3.05, 3.63) is 29.3 Å². The number of rotatable bonds is 12. The molecule has 0 amide bonds. The van der Waals surface area contributed by atoms with Gasteiger partial charge in [-0.05, 0) is 43.5 Å². The maximum atomic E-state index is 12.3. The van der Waals surface area contributed by atoms with Gasteiger partial charge in [-0.1, -0.05) is 45.4 Å². The summed E-state index contributed by atoms with van der Waals surface area (Å²) in [5.41, 5.74) is 1.50. The monoisotopic (exact) mass is 326 g/mol. The van der Waals surface area contributed by atoms with Gasteiger partial charge >= 0.3 is 0 Å². The Bertz CT molecular complexity index is 472. The summed E-state index contributed by atoms with van der Waals surface area (Å²) in [6, 6.07) is 5.15. The standard InChI is InChI=1S/C19H28F2O2/c1-3-4-5-6-7-8-9-10-16-11-17(15(2)22)13-18(12-16)23-14-19(20)21/h11-13,19H,3-10,14H2,1-2H3. The van der Waals surface area contributed by atoms with E-state index in [1.807, 2.05) is 6.07 Å². The van der Waals surface area contributed by atoms with E-state index in [0.717, 1.165) is 24.8 Å². The van der Waals surface area contributed by atoms with E-state index in [1.165, 1.54) is 39.0 Å². The quantitative estimate of drug-likeness (QED) is 0.357. The first kappa shape index (κ1) is 19.6. The minimum Gasteiger partial charge on any atom is -0.488 e. The number of hydrogen-bond donors (Lipinski definition) is 0. The number of carbonyl (C=O) groups is 1. The van der Waals surface area contributed by atoms with Crippen molar-refractivity contribution in [3.8, 4) is 5.75 Å². The molecule has 4 heteroatoms. The van der Waals surface area contributed by atoms with E-state index >= 15 is 0 Å². The van der Waals surface area contributed by atoms with Gasteiger partial charge in [-0.2, -0.15) is 0 Å². The molecule has 0 aromatic heterocycles. The number of ketones is 1. The molecule has 1 aromatic rings. The van der Waals surface area contributed by atoms with Crippen LogP contribution in [0.2, 0.25) is 0 Å². The molecular weight excluding hydrogens is 298 g/mol. The molecule has 0 radical (unpaired) electrons. The van der Waals surface area contributed by atoms with Crippen molar-refractivity contribution in [1.29, 1.82) is 0 Å². The van der Waals surface area contributed by atoms with Crippen molar-refractivity contribution in [2.45, 2.75) is 71.6 Å². The summed E-state index contributed by atoms with van der Waals surface area (Å²) in [6.07, 6.45) is 6.86. The van der Waals surface area contributed by atoms with Gasteiger partial charge in [0.25, 0.3) is 6.43 Å². The molecule has 0 aliphatic heterocycles. The van der Waals surface area contributed by atoms with Gasteiger partial charge in [0.05, 0.1) is 0 Å². The predicted octanol–water partition coefficient (Wildman–Crippen LogP) is 5.83. The molecule has 0 saturated heterocycles. The number of alkyl halides is 2. The molecule has 0 bridgehead atoms. The van der Waals surface area contributed by atoms with E-state index in [-0.39, 0.29) is 5.78 Å². The average Bonchev–Trinajstić information content (AvgIpc) is 2.52. The van der Waals surface area contributed by atoms with E-state index in [0.29, 0.717) is 11.3 Å². The van der Waals surface area contributed by atoms with Crippen LogP contribution in [-0.4, -0.2) is 18.8 Å². The van der Waals surface area contributed by atoms with Crippen LogP contribution < -0.4 is 4.74 Å². The Morgan fingerprint density at radius 2 is 1.70 bits per heavy atom. The highest BCUT2D eigenvalue weighted by atomic mass is 19.3. The van der Waals surface area contributed by atoms with E-state index in [2.05, 4.69) is 6.92 Å². The van der Waals surface area contributed by atoms with Gasteiger partial charge in [0.1, 0.15) is 12.4 Å². The van der Waals surface area contributed by atoms with Crippen molar-refractivity contribution >= 4 is 5.78 Å². The van der Waals surface area contributed by atoms with Gasteiger partial charge in [0, 0.05) is 5.56 Å². The Kier molecular flexibility index (Phi) is 9.49. The van der Waals surface area contributed by atoms with Gasteiger partial charge in [-0.3, -0.25) is 4.79 Å². The minimum absolute atomic E-state index is 0.0756. The summed E-state index contributed by atoms with van der Waals surface area (Å²) in [7, 11) is 0. The normalized spacial score (nSPS) is 11.0. The fourth-order valence-corrected chi connectivity index (χ4v) is 2.54. The highest BCUT2D eigenvalue weighted by Crippen LogP contribution is 2.20. The molecular formula is C19H28F2O2. The van der Waals surface area contributed by atoms with Crippen molar-refractivity contribution in [1.82, 2.24) is 0 Å². The van der Waals surface area contributed by atoms with Crippen molar-refractivity contribution in [2.24, 2.45) is 0 Å². The van der Waals surface area contributed by atoms with Gasteiger partial charge < -0.3 is 4.74 Å². The lowest BCUT2D eigenvalue weighted by atomic mass is 10.0. The second-order valence-corrected chi connectivity index (χ2v) is 6.00. The molecule has 0 unspecified atom stereocenters. The Hall–Kier alpha value is -1.45. The molecule has 0 heterocycles. The van der Waals surface area contributed by atoms with E-state index in [1.54, 1.807) is 12.1 Å². The Balaban J connectivity index is 2.50. The van der Waals surface area contributed by atoms with Crippen LogP contribution in [0.3, 0.4) is 0 Å². The zero-order valence-electron chi connectivity index (χ0n) is 14.2. The number of benzene rings is 1. The lowest BCUT2D eigenvalue weighted by molar-refractivity contribution is 0.0818. The molecule has 2 nitrogen and oxygen atoms in total. The van der Waals surface area contributed by atoms with Crippen molar-refractivity contribution in [3.63, 3.8) is 0 Å². The fourth-order valence-electron chi connectivity index (χ4n) is 2.54. The summed E-state index contributed by atoms with van der Waals surface area (Å²) in [4.78, 5) is 11.6. The molecule has 1 aromatic carbocycles. The van der Waals surface area contributed by atoms with E-state index in [9.17, 15) is 13.6 Å². The van der Waals surface area contributed by atoms with Crippen LogP contribution in [-0.2, 0) is 6.42 Å². The topological polar surface area (TPSA) is 26.3 Å². The summed E-state index contributed by atoms with van der Waals surface area (Å²) >= 11 is 0. The second-order valence-electron chi connectivity index (χ2n) is 6.00. The summed E-state index contributed by atoms with van der Waals surface area (Å²) in [6.45, 7) is 3.04.